The van der Waals surface area contributed by atoms with Gasteiger partial charge >= 0.3 is 6.18 Å². The van der Waals surface area contributed by atoms with Crippen molar-refractivity contribution < 1.29 is 17.9 Å². The molecule has 2 aliphatic carbocycles. The van der Waals surface area contributed by atoms with Crippen molar-refractivity contribution in [1.82, 2.24) is 5.32 Å². The van der Waals surface area contributed by atoms with E-state index in [1.165, 1.54) is 25.7 Å². The average molecular weight is 279 g/mol. The lowest BCUT2D eigenvalue weighted by Crippen LogP contribution is -2.35. The van der Waals surface area contributed by atoms with Gasteiger partial charge in [-0.2, -0.15) is 13.2 Å². The molecule has 0 aromatic carbocycles. The van der Waals surface area contributed by atoms with Gasteiger partial charge in [0.1, 0.15) is 6.61 Å². The van der Waals surface area contributed by atoms with Gasteiger partial charge in [0.25, 0.3) is 0 Å². The minimum Gasteiger partial charge on any atom is -0.372 e. The summed E-state index contributed by atoms with van der Waals surface area (Å²) in [5.41, 5.74) is 0.240. The molecule has 1 atom stereocenters. The monoisotopic (exact) mass is 279 g/mol. The molecule has 1 unspecified atom stereocenters. The quantitative estimate of drug-likeness (QED) is 0.652. The van der Waals surface area contributed by atoms with Gasteiger partial charge in [-0.05, 0) is 49.9 Å². The van der Waals surface area contributed by atoms with Crippen molar-refractivity contribution in [3.05, 3.63) is 0 Å². The summed E-state index contributed by atoms with van der Waals surface area (Å²) in [6.07, 6.45) is 2.56. The second-order valence-electron chi connectivity index (χ2n) is 6.35. The molecule has 0 aliphatic heterocycles. The maximum Gasteiger partial charge on any atom is 0.411 e. The lowest BCUT2D eigenvalue weighted by atomic mass is 9.80. The highest BCUT2D eigenvalue weighted by Crippen LogP contribution is 2.48. The third-order valence-electron chi connectivity index (χ3n) is 4.24. The van der Waals surface area contributed by atoms with Crippen molar-refractivity contribution in [3.8, 4) is 0 Å². The molecule has 2 aliphatic rings. The van der Waals surface area contributed by atoms with E-state index in [-0.39, 0.29) is 12.0 Å². The van der Waals surface area contributed by atoms with Crippen LogP contribution in [0.4, 0.5) is 13.2 Å². The Morgan fingerprint density at radius 1 is 1.16 bits per heavy atom. The summed E-state index contributed by atoms with van der Waals surface area (Å²) < 4.78 is 40.5. The molecule has 2 saturated carbocycles. The predicted molar refractivity (Wildman–Crippen MR) is 68.0 cm³/mol. The summed E-state index contributed by atoms with van der Waals surface area (Å²) in [7, 11) is 0. The van der Waals surface area contributed by atoms with E-state index in [0.29, 0.717) is 6.04 Å². The molecule has 0 saturated heterocycles. The summed E-state index contributed by atoms with van der Waals surface area (Å²) in [6, 6.07) is 0.694. The number of alkyl halides is 3. The number of nitrogens with one attached hydrogen (secondary N) is 1. The largest absolute Gasteiger partial charge is 0.411 e. The number of hydrogen-bond donors (Lipinski definition) is 1. The molecule has 0 spiro atoms. The van der Waals surface area contributed by atoms with Crippen LogP contribution in [0.15, 0.2) is 0 Å². The highest BCUT2D eigenvalue weighted by molar-refractivity contribution is 4.94. The average Bonchev–Trinajstić information content (AvgIpc) is 3.16. The maximum atomic E-state index is 11.9. The zero-order chi connectivity index (χ0) is 13.9. The molecule has 0 aromatic rings. The van der Waals surface area contributed by atoms with Crippen LogP contribution in [0.3, 0.4) is 0 Å². The Kier molecular flexibility index (Phi) is 4.77. The van der Waals surface area contributed by atoms with Gasteiger partial charge in [0.2, 0.25) is 0 Å². The number of halogens is 3. The van der Waals surface area contributed by atoms with Crippen LogP contribution in [0.2, 0.25) is 0 Å². The minimum absolute atomic E-state index is 0.214. The van der Waals surface area contributed by atoms with Crippen molar-refractivity contribution in [2.45, 2.75) is 57.7 Å². The Morgan fingerprint density at radius 2 is 1.84 bits per heavy atom. The Bertz CT molecular complexity index is 287. The van der Waals surface area contributed by atoms with Crippen molar-refractivity contribution in [1.29, 1.82) is 0 Å². The fourth-order valence-electron chi connectivity index (χ4n) is 2.65. The highest BCUT2D eigenvalue weighted by Gasteiger charge is 2.41. The Hall–Kier alpha value is -0.290. The Labute approximate surface area is 113 Å². The number of rotatable bonds is 9. The van der Waals surface area contributed by atoms with Gasteiger partial charge in [0.05, 0.1) is 0 Å². The first kappa shape index (κ1) is 15.1. The van der Waals surface area contributed by atoms with E-state index in [9.17, 15) is 13.2 Å². The first-order chi connectivity index (χ1) is 8.89. The molecule has 0 heterocycles. The lowest BCUT2D eigenvalue weighted by Gasteiger charge is -2.30. The molecule has 19 heavy (non-hydrogen) atoms. The van der Waals surface area contributed by atoms with E-state index < -0.39 is 12.8 Å². The molecule has 1 N–H and O–H groups in total. The lowest BCUT2D eigenvalue weighted by molar-refractivity contribution is -0.174. The van der Waals surface area contributed by atoms with Gasteiger partial charge in [0.15, 0.2) is 0 Å². The molecule has 2 rings (SSSR count). The van der Waals surface area contributed by atoms with Crippen LogP contribution >= 0.6 is 0 Å². The minimum atomic E-state index is -4.20. The fourth-order valence-corrected chi connectivity index (χ4v) is 2.65. The van der Waals surface area contributed by atoms with Gasteiger partial charge in [0, 0.05) is 19.2 Å². The summed E-state index contributed by atoms with van der Waals surface area (Å²) in [5.74, 6) is 0.751. The predicted octanol–water partition coefficient (Wildman–Crippen LogP) is 3.51. The number of hydrogen-bond acceptors (Lipinski definition) is 2. The highest BCUT2D eigenvalue weighted by atomic mass is 19.4. The Balaban J connectivity index is 1.62. The second-order valence-corrected chi connectivity index (χ2v) is 6.35. The van der Waals surface area contributed by atoms with Crippen molar-refractivity contribution >= 4 is 0 Å². The molecule has 0 radical (unpaired) electrons. The smallest absolute Gasteiger partial charge is 0.372 e. The van der Waals surface area contributed by atoms with E-state index >= 15 is 0 Å². The first-order valence-corrected chi connectivity index (χ1v) is 7.27. The van der Waals surface area contributed by atoms with Crippen molar-refractivity contribution in [2.24, 2.45) is 11.3 Å². The zero-order valence-corrected chi connectivity index (χ0v) is 11.6. The van der Waals surface area contributed by atoms with Crippen LogP contribution in [0.5, 0.6) is 0 Å². The third kappa shape index (κ3) is 5.69. The van der Waals surface area contributed by atoms with Gasteiger partial charge in [-0.15, -0.1) is 0 Å². The van der Waals surface area contributed by atoms with E-state index in [1.54, 1.807) is 0 Å². The SMILES string of the molecule is CC(CCCOCC(F)(F)F)(CNC1CC1)C1CC1. The van der Waals surface area contributed by atoms with Crippen molar-refractivity contribution in [3.63, 3.8) is 0 Å². The molecule has 0 bridgehead atoms. The van der Waals surface area contributed by atoms with Gasteiger partial charge < -0.3 is 10.1 Å². The fraction of sp³-hybridized carbons (Fsp3) is 1.00. The molecular weight excluding hydrogens is 255 g/mol. The molecule has 2 nitrogen and oxygen atoms in total. The van der Waals surface area contributed by atoms with Crippen molar-refractivity contribution in [2.75, 3.05) is 19.8 Å². The third-order valence-corrected chi connectivity index (χ3v) is 4.24. The molecule has 5 heteroatoms. The molecule has 112 valence electrons. The van der Waals surface area contributed by atoms with E-state index in [4.69, 9.17) is 0 Å². The van der Waals surface area contributed by atoms with Gasteiger partial charge in [-0.1, -0.05) is 6.92 Å². The van der Waals surface area contributed by atoms with E-state index in [2.05, 4.69) is 17.0 Å². The number of ether oxygens (including phenoxy) is 1. The van der Waals surface area contributed by atoms with Crippen LogP contribution in [-0.2, 0) is 4.74 Å². The second kappa shape index (κ2) is 6.00. The normalized spacial score (nSPS) is 23.4. The van der Waals surface area contributed by atoms with Gasteiger partial charge in [-0.25, -0.2) is 0 Å². The van der Waals surface area contributed by atoms with Crippen LogP contribution in [0.1, 0.15) is 45.4 Å². The van der Waals surface area contributed by atoms with Crippen LogP contribution in [0, 0.1) is 11.3 Å². The first-order valence-electron chi connectivity index (χ1n) is 7.27. The maximum absolute atomic E-state index is 11.9. The molecule has 0 amide bonds. The summed E-state index contributed by atoms with van der Waals surface area (Å²) in [5, 5.41) is 3.56. The van der Waals surface area contributed by atoms with E-state index in [1.807, 2.05) is 0 Å². The molecule has 0 aromatic heterocycles. The molecule has 2 fully saturated rings. The Morgan fingerprint density at radius 3 is 2.37 bits per heavy atom. The standard InChI is InChI=1S/C14H24F3NO/c1-13(11-3-4-11,9-18-12-5-6-12)7-2-8-19-10-14(15,16)17/h11-12,18H,2-10H2,1H3. The summed E-state index contributed by atoms with van der Waals surface area (Å²) in [4.78, 5) is 0. The topological polar surface area (TPSA) is 21.3 Å². The zero-order valence-electron chi connectivity index (χ0n) is 11.6. The summed E-state index contributed by atoms with van der Waals surface area (Å²) >= 11 is 0. The van der Waals surface area contributed by atoms with E-state index in [0.717, 1.165) is 25.3 Å². The van der Waals surface area contributed by atoms with Gasteiger partial charge in [-0.3, -0.25) is 0 Å². The van der Waals surface area contributed by atoms with Crippen LogP contribution in [-0.4, -0.2) is 32.0 Å². The van der Waals surface area contributed by atoms with Crippen LogP contribution in [0.25, 0.3) is 0 Å². The molecular formula is C14H24F3NO. The summed E-state index contributed by atoms with van der Waals surface area (Å²) in [6.45, 7) is 2.37. The van der Waals surface area contributed by atoms with Crippen LogP contribution < -0.4 is 5.32 Å².